The highest BCUT2D eigenvalue weighted by molar-refractivity contribution is 5.87. The van der Waals surface area contributed by atoms with Gasteiger partial charge in [0.05, 0.1) is 20.3 Å². The fraction of sp³-hybridized carbons (Fsp3) is 0.591. The number of rotatable bonds is 9. The molecular weight excluding hydrogens is 488 g/mol. The predicted molar refractivity (Wildman–Crippen MR) is 116 cm³/mol. The molecule has 2 aliphatic heterocycles. The van der Waals surface area contributed by atoms with Gasteiger partial charge in [-0.25, -0.2) is 4.79 Å². The Bertz CT molecular complexity index is 922. The van der Waals surface area contributed by atoms with Crippen molar-refractivity contribution < 1.29 is 69.3 Å². The Labute approximate surface area is 205 Å². The molecule has 9 unspecified atom stereocenters. The molecule has 2 heterocycles. The minimum atomic E-state index is -2.37. The fourth-order valence-electron chi connectivity index (χ4n) is 3.90. The second-order valence-electron chi connectivity index (χ2n) is 8.24. The number of phenolic OH excluding ortho intramolecular Hbond substituents is 1. The van der Waals surface area contributed by atoms with E-state index in [0.717, 1.165) is 6.08 Å². The van der Waals surface area contributed by atoms with Crippen LogP contribution in [0.5, 0.6) is 11.5 Å². The van der Waals surface area contributed by atoms with Crippen LogP contribution in [0.2, 0.25) is 0 Å². The normalized spacial score (nSPS) is 36.8. The minimum absolute atomic E-state index is 0.114. The molecule has 3 rings (SSSR count). The number of ether oxygens (including phenoxy) is 5. The van der Waals surface area contributed by atoms with Crippen LogP contribution in [-0.2, 0) is 23.7 Å². The molecule has 1 aromatic rings. The zero-order chi connectivity index (χ0) is 26.6. The van der Waals surface area contributed by atoms with Crippen LogP contribution < -0.4 is 4.74 Å². The van der Waals surface area contributed by atoms with Crippen molar-refractivity contribution in [1.29, 1.82) is 0 Å². The number of aliphatic hydroxyl groups excluding tert-OH is 7. The summed E-state index contributed by atoms with van der Waals surface area (Å²) in [5, 5.41) is 79.5. The lowest BCUT2D eigenvalue weighted by molar-refractivity contribution is -0.383. The number of hydrogen-bond donors (Lipinski definition) is 8. The zero-order valence-corrected chi connectivity index (χ0v) is 19.2. The van der Waals surface area contributed by atoms with E-state index in [4.69, 9.17) is 23.7 Å². The summed E-state index contributed by atoms with van der Waals surface area (Å²) < 4.78 is 26.5. The van der Waals surface area contributed by atoms with E-state index in [1.165, 1.54) is 31.4 Å². The summed E-state index contributed by atoms with van der Waals surface area (Å²) in [6.07, 6.45) is -11.1. The maximum atomic E-state index is 12.5. The molecule has 2 aliphatic rings. The molecule has 202 valence electrons. The average molecular weight is 518 g/mol. The third-order valence-corrected chi connectivity index (χ3v) is 5.90. The van der Waals surface area contributed by atoms with E-state index in [0.29, 0.717) is 5.56 Å². The Balaban J connectivity index is 1.81. The molecule has 0 spiro atoms. The van der Waals surface area contributed by atoms with Crippen molar-refractivity contribution in [1.82, 2.24) is 0 Å². The molecule has 14 nitrogen and oxygen atoms in total. The van der Waals surface area contributed by atoms with Gasteiger partial charge in [-0.05, 0) is 23.8 Å². The van der Waals surface area contributed by atoms with Gasteiger partial charge in [0.2, 0.25) is 5.79 Å². The number of esters is 1. The Morgan fingerprint density at radius 2 is 1.72 bits per heavy atom. The second-order valence-corrected chi connectivity index (χ2v) is 8.24. The van der Waals surface area contributed by atoms with E-state index < -0.39 is 80.6 Å². The summed E-state index contributed by atoms with van der Waals surface area (Å²) >= 11 is 0. The third-order valence-electron chi connectivity index (χ3n) is 5.90. The lowest BCUT2D eigenvalue weighted by atomic mass is 9.99. The molecule has 14 heteroatoms. The van der Waals surface area contributed by atoms with Crippen molar-refractivity contribution in [3.05, 3.63) is 29.8 Å². The van der Waals surface area contributed by atoms with Crippen molar-refractivity contribution >= 4 is 12.0 Å². The predicted octanol–water partition coefficient (Wildman–Crippen LogP) is -3.42. The van der Waals surface area contributed by atoms with Gasteiger partial charge in [-0.15, -0.1) is 0 Å². The van der Waals surface area contributed by atoms with E-state index in [1.807, 2.05) is 0 Å². The number of aromatic hydroxyl groups is 1. The molecule has 2 fully saturated rings. The number of methoxy groups -OCH3 is 1. The number of hydrogen-bond acceptors (Lipinski definition) is 14. The van der Waals surface area contributed by atoms with Crippen LogP contribution in [0, 0.1) is 0 Å². The number of phenols is 1. The third kappa shape index (κ3) is 5.63. The van der Waals surface area contributed by atoms with E-state index in [1.54, 1.807) is 0 Å². The van der Waals surface area contributed by atoms with Gasteiger partial charge in [-0.3, -0.25) is 0 Å². The first-order valence-corrected chi connectivity index (χ1v) is 10.9. The van der Waals surface area contributed by atoms with Crippen molar-refractivity contribution in [2.45, 2.75) is 54.8 Å². The van der Waals surface area contributed by atoms with Crippen molar-refractivity contribution in [2.75, 3.05) is 26.9 Å². The lowest BCUT2D eigenvalue weighted by Gasteiger charge is -2.43. The molecule has 1 aromatic carbocycles. The van der Waals surface area contributed by atoms with Gasteiger partial charge in [0.1, 0.15) is 43.2 Å². The maximum absolute atomic E-state index is 12.5. The Morgan fingerprint density at radius 3 is 2.33 bits per heavy atom. The van der Waals surface area contributed by atoms with Crippen molar-refractivity contribution in [3.8, 4) is 11.5 Å². The van der Waals surface area contributed by atoms with Crippen LogP contribution in [0.4, 0.5) is 0 Å². The van der Waals surface area contributed by atoms with Crippen LogP contribution in [0.15, 0.2) is 24.3 Å². The second kappa shape index (κ2) is 11.8. The first-order chi connectivity index (χ1) is 17.1. The van der Waals surface area contributed by atoms with Crippen LogP contribution in [0.25, 0.3) is 6.08 Å². The topological polar surface area (TPSA) is 225 Å². The van der Waals surface area contributed by atoms with E-state index >= 15 is 0 Å². The molecule has 0 amide bonds. The Kier molecular flexibility index (Phi) is 9.23. The summed E-state index contributed by atoms with van der Waals surface area (Å²) in [6, 6.07) is 4.27. The summed E-state index contributed by atoms with van der Waals surface area (Å²) in [6.45, 7) is -2.59. The number of benzene rings is 1. The number of carbonyl (C=O) groups is 1. The summed E-state index contributed by atoms with van der Waals surface area (Å²) in [5.41, 5.74) is 0.448. The lowest BCUT2D eigenvalue weighted by Crippen LogP contribution is -2.63. The fourth-order valence-corrected chi connectivity index (χ4v) is 3.90. The Hall–Kier alpha value is -2.37. The van der Waals surface area contributed by atoms with Crippen LogP contribution >= 0.6 is 0 Å². The number of aliphatic hydroxyl groups is 7. The minimum Gasteiger partial charge on any atom is -0.504 e. The van der Waals surface area contributed by atoms with Crippen molar-refractivity contribution in [3.63, 3.8) is 0 Å². The summed E-state index contributed by atoms with van der Waals surface area (Å²) in [5.74, 6) is -3.35. The van der Waals surface area contributed by atoms with Crippen LogP contribution in [0.1, 0.15) is 5.56 Å². The molecule has 0 saturated carbocycles. The molecule has 36 heavy (non-hydrogen) atoms. The van der Waals surface area contributed by atoms with Gasteiger partial charge < -0.3 is 64.5 Å². The Morgan fingerprint density at radius 1 is 1.03 bits per heavy atom. The molecule has 0 aromatic heterocycles. The summed E-state index contributed by atoms with van der Waals surface area (Å²) in [7, 11) is 1.35. The van der Waals surface area contributed by atoms with E-state index in [2.05, 4.69) is 0 Å². The van der Waals surface area contributed by atoms with E-state index in [9.17, 15) is 45.6 Å². The first-order valence-electron chi connectivity index (χ1n) is 10.9. The largest absolute Gasteiger partial charge is 0.504 e. The van der Waals surface area contributed by atoms with Gasteiger partial charge in [0.25, 0.3) is 0 Å². The van der Waals surface area contributed by atoms with Crippen LogP contribution in [0.3, 0.4) is 0 Å². The highest BCUT2D eigenvalue weighted by Gasteiger charge is 2.60. The average Bonchev–Trinajstić information content (AvgIpc) is 3.14. The molecule has 2 saturated heterocycles. The molecule has 0 radical (unpaired) electrons. The van der Waals surface area contributed by atoms with Gasteiger partial charge in [0.15, 0.2) is 23.9 Å². The molecule has 0 bridgehead atoms. The molecule has 0 aliphatic carbocycles. The van der Waals surface area contributed by atoms with Crippen LogP contribution in [-0.4, -0.2) is 129 Å². The smallest absolute Gasteiger partial charge is 0.331 e. The maximum Gasteiger partial charge on any atom is 0.331 e. The molecule has 8 N–H and O–H groups in total. The van der Waals surface area contributed by atoms with Gasteiger partial charge in [0, 0.05) is 6.08 Å². The number of carbonyl (C=O) groups excluding carboxylic acids is 1. The quantitative estimate of drug-likeness (QED) is 0.118. The SMILES string of the molecule is COc1cc(C=CC(=O)OC2C(O)C(CO)OC2(CO)OC2OC(CO)C(O)C(O)C2O)ccc1O. The highest BCUT2D eigenvalue weighted by atomic mass is 16.8. The van der Waals surface area contributed by atoms with Gasteiger partial charge in [-0.2, -0.15) is 0 Å². The van der Waals surface area contributed by atoms with Gasteiger partial charge in [-0.1, -0.05) is 6.07 Å². The standard InChI is InChI=1S/C22H30O14/c1-32-12-6-10(2-4-11(12)26)3-5-15(27)34-20-17(29)14(8-24)35-22(20,9-25)36-21-19(31)18(30)16(28)13(7-23)33-21/h2-6,13-14,16-21,23-26,28-31H,7-9H2,1H3. The monoisotopic (exact) mass is 518 g/mol. The molecular formula is C22H30O14. The van der Waals surface area contributed by atoms with Crippen molar-refractivity contribution in [2.24, 2.45) is 0 Å². The summed E-state index contributed by atoms with van der Waals surface area (Å²) in [4.78, 5) is 12.5. The highest BCUT2D eigenvalue weighted by Crippen LogP contribution is 2.38. The van der Waals surface area contributed by atoms with E-state index in [-0.39, 0.29) is 11.5 Å². The zero-order valence-electron chi connectivity index (χ0n) is 19.2. The first kappa shape index (κ1) is 28.2. The van der Waals surface area contributed by atoms with Gasteiger partial charge >= 0.3 is 5.97 Å². The molecule has 9 atom stereocenters.